The zero-order valence-electron chi connectivity index (χ0n) is 18.2. The molecule has 4 aromatic rings. The van der Waals surface area contributed by atoms with Gasteiger partial charge in [0.05, 0.1) is 0 Å². The Kier molecular flexibility index (Phi) is 6.36. The van der Waals surface area contributed by atoms with Gasteiger partial charge in [-0.05, 0) is 104 Å². The molecule has 1 nitrogen and oxygen atoms in total. The van der Waals surface area contributed by atoms with Crippen molar-refractivity contribution in [2.75, 3.05) is 4.90 Å². The number of anilines is 3. The van der Waals surface area contributed by atoms with Gasteiger partial charge in [0.2, 0.25) is 0 Å². The molecule has 0 atom stereocenters. The van der Waals surface area contributed by atoms with Crippen LogP contribution in [0.3, 0.4) is 0 Å². The molecule has 4 rings (SSSR count). The molecule has 4 aromatic carbocycles. The molecule has 0 aliphatic heterocycles. The van der Waals surface area contributed by atoms with Gasteiger partial charge in [0.25, 0.3) is 0 Å². The van der Waals surface area contributed by atoms with Crippen molar-refractivity contribution in [3.63, 3.8) is 0 Å². The molecule has 0 aromatic heterocycles. The molecule has 0 N–H and O–H groups in total. The van der Waals surface area contributed by atoms with E-state index in [-0.39, 0.29) is 0 Å². The van der Waals surface area contributed by atoms with Crippen molar-refractivity contribution in [3.05, 3.63) is 110 Å². The van der Waals surface area contributed by atoms with Crippen molar-refractivity contribution in [3.8, 4) is 11.1 Å². The molecule has 0 heterocycles. The summed E-state index contributed by atoms with van der Waals surface area (Å²) in [5.41, 5.74) is 11.0. The van der Waals surface area contributed by atoms with E-state index in [1.54, 1.807) is 0 Å². The van der Waals surface area contributed by atoms with Gasteiger partial charge in [-0.3, -0.25) is 0 Å². The summed E-state index contributed by atoms with van der Waals surface area (Å²) >= 11 is 7.22. The average Bonchev–Trinajstić information content (AvgIpc) is 2.72. The zero-order valence-corrected chi connectivity index (χ0v) is 21.4. The van der Waals surface area contributed by atoms with Gasteiger partial charge in [-0.15, -0.1) is 0 Å². The minimum Gasteiger partial charge on any atom is -0.310 e. The molecule has 0 fully saturated rings. The lowest BCUT2D eigenvalue weighted by Gasteiger charge is -2.29. The summed E-state index contributed by atoms with van der Waals surface area (Å²) in [5.74, 6) is 0. The highest BCUT2D eigenvalue weighted by Crippen LogP contribution is 2.41. The molecule has 0 unspecified atom stereocenters. The van der Waals surface area contributed by atoms with Crippen LogP contribution in [-0.4, -0.2) is 0 Å². The zero-order chi connectivity index (χ0) is 22.1. The molecule has 3 heteroatoms. The highest BCUT2D eigenvalue weighted by atomic mass is 79.9. The average molecular weight is 535 g/mol. The molecule has 0 radical (unpaired) electrons. The number of benzene rings is 4. The van der Waals surface area contributed by atoms with Gasteiger partial charge >= 0.3 is 0 Å². The third-order valence-electron chi connectivity index (χ3n) is 5.63. The van der Waals surface area contributed by atoms with Gasteiger partial charge in [-0.1, -0.05) is 67.8 Å². The second-order valence-electron chi connectivity index (χ2n) is 8.06. The molecule has 0 bridgehead atoms. The minimum absolute atomic E-state index is 1.09. The number of hydrogen-bond acceptors (Lipinski definition) is 1. The largest absolute Gasteiger partial charge is 0.310 e. The molecule has 31 heavy (non-hydrogen) atoms. The molecular weight excluding hydrogens is 510 g/mol. The number of nitrogens with zero attached hydrogens (tertiary/aromatic N) is 1. The maximum Gasteiger partial charge on any atom is 0.0491 e. The maximum absolute atomic E-state index is 3.61. The van der Waals surface area contributed by atoms with Gasteiger partial charge < -0.3 is 4.90 Å². The first-order chi connectivity index (χ1) is 14.8. The van der Waals surface area contributed by atoms with Crippen LogP contribution in [0.5, 0.6) is 0 Å². The SMILES string of the molecule is Cc1ccc(-c2ccc(N(c3ccc(Br)cc3C)c3ccc(Br)cc3C)cc2C)cc1. The van der Waals surface area contributed by atoms with Crippen LogP contribution in [0, 0.1) is 27.7 Å². The van der Waals surface area contributed by atoms with E-state index < -0.39 is 0 Å². The summed E-state index contributed by atoms with van der Waals surface area (Å²) in [6, 6.07) is 28.4. The first kappa shape index (κ1) is 21.9. The van der Waals surface area contributed by atoms with E-state index >= 15 is 0 Å². The molecule has 0 saturated carbocycles. The van der Waals surface area contributed by atoms with Crippen molar-refractivity contribution in [1.29, 1.82) is 0 Å². The lowest BCUT2D eigenvalue weighted by atomic mass is 9.98. The quantitative estimate of drug-likeness (QED) is 0.252. The highest BCUT2D eigenvalue weighted by Gasteiger charge is 2.18. The number of rotatable bonds is 4. The second-order valence-corrected chi connectivity index (χ2v) is 9.89. The minimum atomic E-state index is 1.09. The monoisotopic (exact) mass is 533 g/mol. The number of aryl methyl sites for hydroxylation is 4. The van der Waals surface area contributed by atoms with Gasteiger partial charge in [0.15, 0.2) is 0 Å². The molecule has 0 aliphatic carbocycles. The molecule has 0 amide bonds. The Morgan fingerprint density at radius 3 is 1.58 bits per heavy atom. The molecule has 156 valence electrons. The normalized spacial score (nSPS) is 10.9. The second kappa shape index (κ2) is 9.02. The van der Waals surface area contributed by atoms with Crippen LogP contribution in [0.1, 0.15) is 22.3 Å². The first-order valence-corrected chi connectivity index (χ1v) is 11.9. The van der Waals surface area contributed by atoms with E-state index in [4.69, 9.17) is 0 Å². The summed E-state index contributed by atoms with van der Waals surface area (Å²) in [4.78, 5) is 2.36. The Morgan fingerprint density at radius 2 is 1.10 bits per heavy atom. The topological polar surface area (TPSA) is 3.24 Å². The van der Waals surface area contributed by atoms with E-state index in [0.29, 0.717) is 0 Å². The summed E-state index contributed by atoms with van der Waals surface area (Å²) in [6.45, 7) is 8.64. The van der Waals surface area contributed by atoms with Crippen LogP contribution >= 0.6 is 31.9 Å². The van der Waals surface area contributed by atoms with Crippen LogP contribution in [0.4, 0.5) is 17.1 Å². The predicted molar refractivity (Wildman–Crippen MR) is 141 cm³/mol. The van der Waals surface area contributed by atoms with Gasteiger partial charge in [-0.2, -0.15) is 0 Å². The van der Waals surface area contributed by atoms with Gasteiger partial charge in [-0.25, -0.2) is 0 Å². The van der Waals surface area contributed by atoms with E-state index in [9.17, 15) is 0 Å². The van der Waals surface area contributed by atoms with Gasteiger partial charge in [0.1, 0.15) is 0 Å². The Balaban J connectivity index is 1.87. The fourth-order valence-electron chi connectivity index (χ4n) is 3.99. The smallest absolute Gasteiger partial charge is 0.0491 e. The van der Waals surface area contributed by atoms with Crippen molar-refractivity contribution >= 4 is 48.9 Å². The van der Waals surface area contributed by atoms with Crippen molar-refractivity contribution in [2.24, 2.45) is 0 Å². The molecule has 0 spiro atoms. The van der Waals surface area contributed by atoms with E-state index in [0.717, 1.165) is 14.6 Å². The standard InChI is InChI=1S/C28H25Br2N/c1-18-5-7-22(8-6-18)26-12-11-25(17-19(26)2)31(27-13-9-23(29)15-20(27)3)28-14-10-24(30)16-21(28)4/h5-17H,1-4H3. The van der Waals surface area contributed by atoms with Gasteiger partial charge in [0, 0.05) is 26.0 Å². The fraction of sp³-hybridized carbons (Fsp3) is 0.143. The van der Waals surface area contributed by atoms with Crippen LogP contribution in [0.25, 0.3) is 11.1 Å². The Hall–Kier alpha value is -2.36. The Morgan fingerprint density at radius 1 is 0.548 bits per heavy atom. The first-order valence-electron chi connectivity index (χ1n) is 10.3. The summed E-state index contributed by atoms with van der Waals surface area (Å²) in [7, 11) is 0. The van der Waals surface area contributed by atoms with Crippen LogP contribution in [-0.2, 0) is 0 Å². The summed E-state index contributed by atoms with van der Waals surface area (Å²) in [5, 5.41) is 0. The van der Waals surface area contributed by atoms with Crippen LogP contribution in [0.2, 0.25) is 0 Å². The molecule has 0 aliphatic rings. The predicted octanol–water partition coefficient (Wildman–Crippen LogP) is 9.58. The number of halogens is 2. The lowest BCUT2D eigenvalue weighted by molar-refractivity contribution is 1.21. The molecule has 0 saturated heterocycles. The number of hydrogen-bond donors (Lipinski definition) is 0. The lowest BCUT2D eigenvalue weighted by Crippen LogP contribution is -2.13. The van der Waals surface area contributed by atoms with Crippen LogP contribution in [0.15, 0.2) is 87.8 Å². The third kappa shape index (κ3) is 4.63. The highest BCUT2D eigenvalue weighted by molar-refractivity contribution is 9.10. The Bertz CT molecular complexity index is 1190. The fourth-order valence-corrected chi connectivity index (χ4v) is 4.94. The third-order valence-corrected chi connectivity index (χ3v) is 6.62. The summed E-state index contributed by atoms with van der Waals surface area (Å²) < 4.78 is 2.18. The van der Waals surface area contributed by atoms with E-state index in [2.05, 4.69) is 143 Å². The van der Waals surface area contributed by atoms with Crippen molar-refractivity contribution in [2.45, 2.75) is 27.7 Å². The Labute approximate surface area is 202 Å². The summed E-state index contributed by atoms with van der Waals surface area (Å²) in [6.07, 6.45) is 0. The van der Waals surface area contributed by atoms with Crippen LogP contribution < -0.4 is 4.90 Å². The van der Waals surface area contributed by atoms with Crippen molar-refractivity contribution < 1.29 is 0 Å². The van der Waals surface area contributed by atoms with E-state index in [1.165, 1.54) is 44.8 Å². The van der Waals surface area contributed by atoms with E-state index in [1.807, 2.05) is 0 Å². The van der Waals surface area contributed by atoms with Crippen molar-refractivity contribution in [1.82, 2.24) is 0 Å². The molecular formula is C28H25Br2N. The maximum atomic E-state index is 3.61.